The van der Waals surface area contributed by atoms with Gasteiger partial charge >= 0.3 is 0 Å². The number of benzene rings is 1. The summed E-state index contributed by atoms with van der Waals surface area (Å²) in [4.78, 5) is 8.23. The van der Waals surface area contributed by atoms with Crippen LogP contribution in [0.25, 0.3) is 5.57 Å². The van der Waals surface area contributed by atoms with Gasteiger partial charge in [-0.1, -0.05) is 35.9 Å². The van der Waals surface area contributed by atoms with Crippen LogP contribution in [0.4, 0.5) is 0 Å². The highest BCUT2D eigenvalue weighted by Crippen LogP contribution is 2.38. The van der Waals surface area contributed by atoms with Crippen molar-refractivity contribution in [3.63, 3.8) is 0 Å². The summed E-state index contributed by atoms with van der Waals surface area (Å²) in [6.07, 6.45) is 2.67. The maximum Gasteiger partial charge on any atom is 0.135 e. The zero-order valence-electron chi connectivity index (χ0n) is 9.76. The molecular formula is C14H11ClN2O. The number of rotatable bonds is 1. The smallest absolute Gasteiger partial charge is 0.135 e. The lowest BCUT2D eigenvalue weighted by atomic mass is 10.0. The van der Waals surface area contributed by atoms with E-state index in [0.717, 1.165) is 28.0 Å². The number of hydrogen-bond donors (Lipinski definition) is 1. The van der Waals surface area contributed by atoms with Crippen LogP contribution in [0.5, 0.6) is 0 Å². The minimum Gasteiger partial charge on any atom is -0.384 e. The summed E-state index contributed by atoms with van der Waals surface area (Å²) < 4.78 is 0. The van der Waals surface area contributed by atoms with Crippen LogP contribution in [0.1, 0.15) is 28.5 Å². The molecule has 0 radical (unpaired) electrons. The molecule has 1 heterocycles. The average Bonchev–Trinajstić information content (AvgIpc) is 2.71. The Kier molecular flexibility index (Phi) is 2.65. The molecule has 0 fully saturated rings. The van der Waals surface area contributed by atoms with E-state index in [1.165, 1.54) is 6.33 Å². The SMILES string of the molecule is Cc1c(Cl)ncnc1C1=CC(O)c2ccccc21. The molecule has 1 aromatic heterocycles. The van der Waals surface area contributed by atoms with Crippen LogP contribution < -0.4 is 0 Å². The summed E-state index contributed by atoms with van der Waals surface area (Å²) >= 11 is 6.01. The van der Waals surface area contributed by atoms with E-state index >= 15 is 0 Å². The first-order chi connectivity index (χ1) is 8.68. The first-order valence-electron chi connectivity index (χ1n) is 5.65. The summed E-state index contributed by atoms with van der Waals surface area (Å²) in [5.74, 6) is 0. The molecule has 0 bridgehead atoms. The Morgan fingerprint density at radius 1 is 1.22 bits per heavy atom. The van der Waals surface area contributed by atoms with Gasteiger partial charge in [0.05, 0.1) is 11.8 Å². The van der Waals surface area contributed by atoms with Crippen LogP contribution in [-0.2, 0) is 0 Å². The third-order valence-corrected chi connectivity index (χ3v) is 3.55. The van der Waals surface area contributed by atoms with Crippen LogP contribution in [0, 0.1) is 6.92 Å². The van der Waals surface area contributed by atoms with Gasteiger partial charge < -0.3 is 5.11 Å². The van der Waals surface area contributed by atoms with E-state index in [-0.39, 0.29) is 0 Å². The van der Waals surface area contributed by atoms with Crippen molar-refractivity contribution in [2.75, 3.05) is 0 Å². The lowest BCUT2D eigenvalue weighted by Gasteiger charge is -2.08. The number of aromatic nitrogens is 2. The molecule has 1 aromatic carbocycles. The molecule has 1 atom stereocenters. The molecule has 1 N–H and O–H groups in total. The summed E-state index contributed by atoms with van der Waals surface area (Å²) in [5.41, 5.74) is 4.43. The van der Waals surface area contributed by atoms with Gasteiger partial charge in [0.2, 0.25) is 0 Å². The van der Waals surface area contributed by atoms with Crippen molar-refractivity contribution in [2.45, 2.75) is 13.0 Å². The summed E-state index contributed by atoms with van der Waals surface area (Å²) in [7, 11) is 0. The predicted molar refractivity (Wildman–Crippen MR) is 70.3 cm³/mol. The van der Waals surface area contributed by atoms with Crippen molar-refractivity contribution in [2.24, 2.45) is 0 Å². The van der Waals surface area contributed by atoms with Gasteiger partial charge in [-0.3, -0.25) is 0 Å². The fourth-order valence-corrected chi connectivity index (χ4v) is 2.38. The van der Waals surface area contributed by atoms with Crippen molar-refractivity contribution in [3.8, 4) is 0 Å². The van der Waals surface area contributed by atoms with E-state index in [4.69, 9.17) is 11.6 Å². The second-order valence-electron chi connectivity index (χ2n) is 4.25. The molecule has 1 aliphatic rings. The molecule has 90 valence electrons. The third-order valence-electron chi connectivity index (χ3n) is 3.17. The van der Waals surface area contributed by atoms with E-state index in [9.17, 15) is 5.11 Å². The van der Waals surface area contributed by atoms with Crippen molar-refractivity contribution in [3.05, 3.63) is 64.2 Å². The predicted octanol–water partition coefficient (Wildman–Crippen LogP) is 2.92. The lowest BCUT2D eigenvalue weighted by Crippen LogP contribution is -1.96. The monoisotopic (exact) mass is 258 g/mol. The fraction of sp³-hybridized carbons (Fsp3) is 0.143. The molecule has 0 aliphatic heterocycles. The number of hydrogen-bond acceptors (Lipinski definition) is 3. The van der Waals surface area contributed by atoms with Crippen molar-refractivity contribution < 1.29 is 5.11 Å². The van der Waals surface area contributed by atoms with Crippen LogP contribution in [-0.4, -0.2) is 15.1 Å². The Labute approximate surface area is 110 Å². The standard InChI is InChI=1S/C14H11ClN2O/c1-8-13(16-7-17-14(8)15)11-6-12(18)10-5-3-2-4-9(10)11/h2-7,12,18H,1H3. The largest absolute Gasteiger partial charge is 0.384 e. The molecule has 4 heteroatoms. The first-order valence-corrected chi connectivity index (χ1v) is 6.03. The van der Waals surface area contributed by atoms with Crippen molar-refractivity contribution in [1.29, 1.82) is 0 Å². The molecule has 3 nitrogen and oxygen atoms in total. The minimum absolute atomic E-state index is 0.444. The molecule has 1 unspecified atom stereocenters. The Bertz CT molecular complexity index is 652. The van der Waals surface area contributed by atoms with Gasteiger partial charge in [-0.15, -0.1) is 0 Å². The van der Waals surface area contributed by atoms with Crippen molar-refractivity contribution in [1.82, 2.24) is 9.97 Å². The van der Waals surface area contributed by atoms with Gasteiger partial charge in [0.1, 0.15) is 11.5 Å². The minimum atomic E-state index is -0.579. The molecule has 0 spiro atoms. The average molecular weight is 259 g/mol. The highest BCUT2D eigenvalue weighted by molar-refractivity contribution is 6.30. The molecular weight excluding hydrogens is 248 g/mol. The summed E-state index contributed by atoms with van der Waals surface area (Å²) in [6.45, 7) is 1.88. The molecule has 0 saturated heterocycles. The van der Waals surface area contributed by atoms with Gasteiger partial charge in [-0.25, -0.2) is 9.97 Å². The third kappa shape index (κ3) is 1.64. The van der Waals surface area contributed by atoms with Gasteiger partial charge in [-0.05, 0) is 24.1 Å². The Morgan fingerprint density at radius 3 is 2.83 bits per heavy atom. The lowest BCUT2D eigenvalue weighted by molar-refractivity contribution is 0.232. The Balaban J connectivity index is 2.20. The van der Waals surface area contributed by atoms with Crippen LogP contribution in [0.15, 0.2) is 36.7 Å². The number of aliphatic hydroxyl groups is 1. The Hall–Kier alpha value is -1.71. The number of fused-ring (bicyclic) bond motifs is 1. The molecule has 0 amide bonds. The summed E-state index contributed by atoms with van der Waals surface area (Å²) in [6, 6.07) is 7.76. The Morgan fingerprint density at radius 2 is 2.00 bits per heavy atom. The van der Waals surface area contributed by atoms with E-state index in [0.29, 0.717) is 5.15 Å². The topological polar surface area (TPSA) is 46.0 Å². The van der Waals surface area contributed by atoms with E-state index in [1.54, 1.807) is 6.08 Å². The molecule has 18 heavy (non-hydrogen) atoms. The molecule has 1 aliphatic carbocycles. The van der Waals surface area contributed by atoms with Gasteiger partial charge in [0.15, 0.2) is 0 Å². The fourth-order valence-electron chi connectivity index (χ4n) is 2.24. The zero-order chi connectivity index (χ0) is 12.7. The van der Waals surface area contributed by atoms with Gasteiger partial charge in [-0.2, -0.15) is 0 Å². The second kappa shape index (κ2) is 4.19. The van der Waals surface area contributed by atoms with Crippen molar-refractivity contribution >= 4 is 17.2 Å². The van der Waals surface area contributed by atoms with E-state index < -0.39 is 6.10 Å². The quantitative estimate of drug-likeness (QED) is 0.800. The number of aliphatic hydroxyl groups excluding tert-OH is 1. The van der Waals surface area contributed by atoms with E-state index in [1.807, 2.05) is 31.2 Å². The molecule has 2 aromatic rings. The van der Waals surface area contributed by atoms with Crippen LogP contribution >= 0.6 is 11.6 Å². The zero-order valence-corrected chi connectivity index (χ0v) is 10.5. The second-order valence-corrected chi connectivity index (χ2v) is 4.61. The number of halogens is 1. The van der Waals surface area contributed by atoms with Gasteiger partial charge in [0, 0.05) is 11.1 Å². The summed E-state index contributed by atoms with van der Waals surface area (Å²) in [5, 5.41) is 10.5. The number of nitrogens with zero attached hydrogens (tertiary/aromatic N) is 2. The maximum absolute atomic E-state index is 10.0. The normalized spacial score (nSPS) is 17.5. The molecule has 3 rings (SSSR count). The van der Waals surface area contributed by atoms with Crippen LogP contribution in [0.3, 0.4) is 0 Å². The van der Waals surface area contributed by atoms with Crippen LogP contribution in [0.2, 0.25) is 5.15 Å². The van der Waals surface area contributed by atoms with Gasteiger partial charge in [0.25, 0.3) is 0 Å². The first kappa shape index (κ1) is 11.4. The highest BCUT2D eigenvalue weighted by atomic mass is 35.5. The molecule has 0 saturated carbocycles. The maximum atomic E-state index is 10.0. The highest BCUT2D eigenvalue weighted by Gasteiger charge is 2.24. The van der Waals surface area contributed by atoms with E-state index in [2.05, 4.69) is 9.97 Å².